The molecule has 3 aromatic rings. The van der Waals surface area contributed by atoms with Crippen LogP contribution < -0.4 is 0 Å². The first-order valence-electron chi connectivity index (χ1n) is 5.85. The average Bonchev–Trinajstić information content (AvgIpc) is 2.80. The number of benzene rings is 2. The van der Waals surface area contributed by atoms with E-state index in [9.17, 15) is 4.79 Å². The maximum Gasteiger partial charge on any atom is 0.355 e. The van der Waals surface area contributed by atoms with Crippen molar-refractivity contribution >= 4 is 28.1 Å². The van der Waals surface area contributed by atoms with Crippen LogP contribution in [0.5, 0.6) is 0 Å². The Balaban J connectivity index is 2.25. The molecule has 94 valence electrons. The van der Waals surface area contributed by atoms with Gasteiger partial charge in [0.25, 0.3) is 0 Å². The number of hydrogen-bond donors (Lipinski definition) is 1. The first-order valence-corrected chi connectivity index (χ1v) is 6.67. The molecule has 0 aliphatic rings. The summed E-state index contributed by atoms with van der Waals surface area (Å²) in [4.78, 5) is 16.1. The molecule has 19 heavy (non-hydrogen) atoms. The second kappa shape index (κ2) is 4.48. The van der Waals surface area contributed by atoms with Crippen molar-refractivity contribution < 1.29 is 9.90 Å². The number of nitrogens with zero attached hydrogens (tertiary/aromatic N) is 1. The van der Waals surface area contributed by atoms with Gasteiger partial charge in [-0.25, -0.2) is 9.78 Å². The van der Waals surface area contributed by atoms with E-state index in [2.05, 4.69) is 4.98 Å². The highest BCUT2D eigenvalue weighted by Gasteiger charge is 2.16. The fourth-order valence-electron chi connectivity index (χ4n) is 2.12. The minimum Gasteiger partial charge on any atom is -0.476 e. The minimum absolute atomic E-state index is 0.146. The standard InChI is InChI=1S/C15H11NO2S/c1-9-13(15(17)18)16-14(19-9)12-8-4-6-10-5-2-3-7-11(10)12/h2-8H,1H3,(H,17,18). The third-order valence-corrected chi connectivity index (χ3v) is 4.02. The van der Waals surface area contributed by atoms with Crippen molar-refractivity contribution in [3.8, 4) is 10.6 Å². The third-order valence-electron chi connectivity index (χ3n) is 3.02. The van der Waals surface area contributed by atoms with Gasteiger partial charge in [-0.3, -0.25) is 0 Å². The monoisotopic (exact) mass is 269 g/mol. The van der Waals surface area contributed by atoms with E-state index < -0.39 is 5.97 Å². The molecule has 0 saturated heterocycles. The molecule has 1 heterocycles. The summed E-state index contributed by atoms with van der Waals surface area (Å²) in [6.45, 7) is 1.79. The molecule has 1 aromatic heterocycles. The highest BCUT2D eigenvalue weighted by Crippen LogP contribution is 2.32. The van der Waals surface area contributed by atoms with Crippen LogP contribution in [0.15, 0.2) is 42.5 Å². The maximum absolute atomic E-state index is 11.1. The van der Waals surface area contributed by atoms with Gasteiger partial charge in [0.05, 0.1) is 0 Å². The summed E-state index contributed by atoms with van der Waals surface area (Å²) in [6.07, 6.45) is 0. The number of aromatic nitrogens is 1. The maximum atomic E-state index is 11.1. The molecule has 0 aliphatic carbocycles. The van der Waals surface area contributed by atoms with E-state index in [0.717, 1.165) is 26.2 Å². The van der Waals surface area contributed by atoms with Crippen LogP contribution in [0.2, 0.25) is 0 Å². The van der Waals surface area contributed by atoms with Gasteiger partial charge in [0.2, 0.25) is 0 Å². The van der Waals surface area contributed by atoms with Gasteiger partial charge in [-0.05, 0) is 17.7 Å². The topological polar surface area (TPSA) is 50.2 Å². The predicted octanol–water partition coefficient (Wildman–Crippen LogP) is 3.97. The molecule has 0 fully saturated rings. The number of thiazole rings is 1. The van der Waals surface area contributed by atoms with Crippen molar-refractivity contribution in [3.63, 3.8) is 0 Å². The Kier molecular flexibility index (Phi) is 2.80. The zero-order valence-corrected chi connectivity index (χ0v) is 11.1. The van der Waals surface area contributed by atoms with E-state index >= 15 is 0 Å². The van der Waals surface area contributed by atoms with Gasteiger partial charge < -0.3 is 5.11 Å². The second-order valence-corrected chi connectivity index (χ2v) is 5.46. The molecular formula is C15H11NO2S. The highest BCUT2D eigenvalue weighted by atomic mass is 32.1. The molecule has 3 rings (SSSR count). The lowest BCUT2D eigenvalue weighted by Crippen LogP contribution is -1.98. The van der Waals surface area contributed by atoms with Gasteiger partial charge in [-0.2, -0.15) is 0 Å². The summed E-state index contributed by atoms with van der Waals surface area (Å²) in [5.41, 5.74) is 1.13. The van der Waals surface area contributed by atoms with E-state index in [1.54, 1.807) is 6.92 Å². The van der Waals surface area contributed by atoms with Gasteiger partial charge >= 0.3 is 5.97 Å². The lowest BCUT2D eigenvalue weighted by atomic mass is 10.1. The van der Waals surface area contributed by atoms with Gasteiger partial charge in [-0.1, -0.05) is 42.5 Å². The molecule has 4 heteroatoms. The van der Waals surface area contributed by atoms with Gasteiger partial charge in [0, 0.05) is 10.4 Å². The summed E-state index contributed by atoms with van der Waals surface area (Å²) in [6, 6.07) is 14.0. The van der Waals surface area contributed by atoms with Crippen LogP contribution >= 0.6 is 11.3 Å². The largest absolute Gasteiger partial charge is 0.476 e. The summed E-state index contributed by atoms with van der Waals surface area (Å²) in [5.74, 6) is -0.972. The van der Waals surface area contributed by atoms with Crippen LogP contribution in [0.1, 0.15) is 15.4 Å². The zero-order valence-electron chi connectivity index (χ0n) is 10.3. The van der Waals surface area contributed by atoms with E-state index in [4.69, 9.17) is 5.11 Å². The lowest BCUT2D eigenvalue weighted by molar-refractivity contribution is 0.0690. The molecule has 0 radical (unpaired) electrons. The van der Waals surface area contributed by atoms with Crippen molar-refractivity contribution in [3.05, 3.63) is 53.0 Å². The minimum atomic E-state index is -0.972. The van der Waals surface area contributed by atoms with Gasteiger partial charge in [0.1, 0.15) is 5.01 Å². The van der Waals surface area contributed by atoms with E-state index in [-0.39, 0.29) is 5.69 Å². The lowest BCUT2D eigenvalue weighted by Gasteiger charge is -2.02. The number of fused-ring (bicyclic) bond motifs is 1. The fraction of sp³-hybridized carbons (Fsp3) is 0.0667. The van der Waals surface area contributed by atoms with Gasteiger partial charge in [0.15, 0.2) is 5.69 Å². The Morgan fingerprint density at radius 1 is 1.16 bits per heavy atom. The summed E-state index contributed by atoms with van der Waals surface area (Å²) >= 11 is 1.42. The number of aromatic carboxylic acids is 1. The predicted molar refractivity (Wildman–Crippen MR) is 76.8 cm³/mol. The SMILES string of the molecule is Cc1sc(-c2cccc3ccccc23)nc1C(=O)O. The molecular weight excluding hydrogens is 258 g/mol. The number of carboxylic acids is 1. The first kappa shape index (κ1) is 11.9. The van der Waals surface area contributed by atoms with Crippen molar-refractivity contribution in [1.29, 1.82) is 0 Å². The summed E-state index contributed by atoms with van der Waals surface area (Å²) in [5, 5.41) is 12.1. The van der Waals surface area contributed by atoms with Crippen molar-refractivity contribution in [2.75, 3.05) is 0 Å². The first-order chi connectivity index (χ1) is 9.16. The Bertz CT molecular complexity index is 771. The van der Waals surface area contributed by atoms with Crippen LogP contribution in [0.25, 0.3) is 21.3 Å². The molecule has 2 aromatic carbocycles. The summed E-state index contributed by atoms with van der Waals surface area (Å²) in [7, 11) is 0. The smallest absolute Gasteiger partial charge is 0.355 e. The number of aryl methyl sites for hydroxylation is 1. The van der Waals surface area contributed by atoms with E-state index in [1.807, 2.05) is 42.5 Å². The zero-order chi connectivity index (χ0) is 13.4. The van der Waals surface area contributed by atoms with Crippen molar-refractivity contribution in [2.45, 2.75) is 6.92 Å². The quantitative estimate of drug-likeness (QED) is 0.765. The average molecular weight is 269 g/mol. The molecule has 0 atom stereocenters. The van der Waals surface area contributed by atoms with Crippen LogP contribution in [0.4, 0.5) is 0 Å². The summed E-state index contributed by atoms with van der Waals surface area (Å²) < 4.78 is 0. The van der Waals surface area contributed by atoms with E-state index in [0.29, 0.717) is 0 Å². The number of carboxylic acid groups (broad SMARTS) is 1. The molecule has 0 aliphatic heterocycles. The Labute approximate surface area is 114 Å². The second-order valence-electron chi connectivity index (χ2n) is 4.26. The van der Waals surface area contributed by atoms with Crippen LogP contribution in [-0.2, 0) is 0 Å². The Morgan fingerprint density at radius 2 is 1.89 bits per heavy atom. The molecule has 0 spiro atoms. The number of carbonyl (C=O) groups is 1. The van der Waals surface area contributed by atoms with Crippen LogP contribution in [0, 0.1) is 6.92 Å². The number of hydrogen-bond acceptors (Lipinski definition) is 3. The molecule has 0 unspecified atom stereocenters. The Morgan fingerprint density at radius 3 is 2.63 bits per heavy atom. The van der Waals surface area contributed by atoms with Crippen molar-refractivity contribution in [1.82, 2.24) is 4.98 Å². The molecule has 0 amide bonds. The molecule has 1 N–H and O–H groups in total. The van der Waals surface area contributed by atoms with Crippen LogP contribution in [-0.4, -0.2) is 16.1 Å². The molecule has 0 saturated carbocycles. The van der Waals surface area contributed by atoms with Crippen molar-refractivity contribution in [2.24, 2.45) is 0 Å². The normalized spacial score (nSPS) is 10.8. The fourth-order valence-corrected chi connectivity index (χ4v) is 3.07. The molecule has 0 bridgehead atoms. The Hall–Kier alpha value is -2.20. The highest BCUT2D eigenvalue weighted by molar-refractivity contribution is 7.15. The number of rotatable bonds is 2. The molecule has 3 nitrogen and oxygen atoms in total. The van der Waals surface area contributed by atoms with Gasteiger partial charge in [-0.15, -0.1) is 11.3 Å². The third kappa shape index (κ3) is 2.00. The van der Waals surface area contributed by atoms with Crippen LogP contribution in [0.3, 0.4) is 0 Å². The van der Waals surface area contributed by atoms with E-state index in [1.165, 1.54) is 11.3 Å².